The number of alkyl halides is 1. The maximum Gasteiger partial charge on any atom is 0.408 e. The molecule has 0 spiro atoms. The summed E-state index contributed by atoms with van der Waals surface area (Å²) in [5.74, 6) is -6.52. The summed E-state index contributed by atoms with van der Waals surface area (Å²) in [5.41, 5.74) is -4.74. The van der Waals surface area contributed by atoms with Crippen molar-refractivity contribution in [3.8, 4) is 0 Å². The zero-order valence-corrected chi connectivity index (χ0v) is 35.8. The number of ketones is 2. The highest BCUT2D eigenvalue weighted by Crippen LogP contribution is 2.41. The topological polar surface area (TPSA) is 192 Å². The van der Waals surface area contributed by atoms with E-state index >= 15 is 4.39 Å². The van der Waals surface area contributed by atoms with Crippen LogP contribution in [0.15, 0.2) is 36.5 Å². The summed E-state index contributed by atoms with van der Waals surface area (Å²) in [6.45, 7) is 10.3. The number of esters is 1. The number of nitrogens with zero attached hydrogens (tertiary/aromatic N) is 2. The molecule has 3 N–H and O–H groups in total. The van der Waals surface area contributed by atoms with Crippen LogP contribution in [0.1, 0.15) is 79.7 Å². The fraction of sp³-hybridized carbons (Fsp3) is 0.674. The molecule has 16 heteroatoms. The second kappa shape index (κ2) is 18.3. The molecule has 3 aliphatic heterocycles. The lowest BCUT2D eigenvalue weighted by molar-refractivity contribution is -0.295. The molecule has 15 nitrogen and oxygen atoms in total. The molecule has 4 heterocycles. The van der Waals surface area contributed by atoms with Gasteiger partial charge in [-0.3, -0.25) is 19.4 Å². The van der Waals surface area contributed by atoms with E-state index in [0.29, 0.717) is 12.8 Å². The molecule has 3 saturated heterocycles. The summed E-state index contributed by atoms with van der Waals surface area (Å²) in [6, 6.07) is 7.99. The molecule has 59 heavy (non-hydrogen) atoms. The SMILES string of the molecule is COC1(C)C[C@@H](C)C(=O)[C@H](C)C2NC(=O)OC2(C)[C@@H](CCNC(=O)CCc2ccnc3ccccc23)OC(=O)C(C)(F)C(=O)[C@H](C)C1OC1OC(C)CC(N(C)C)C1O. The molecular weight excluding hydrogens is 767 g/mol. The van der Waals surface area contributed by atoms with Crippen LogP contribution in [0.25, 0.3) is 10.9 Å². The normalized spacial score (nSPS) is 37.3. The number of para-hydroxylation sites is 1. The molecule has 0 bridgehead atoms. The number of fused-ring (bicyclic) bond motifs is 2. The number of alkyl carbamates (subject to hydrolysis) is 1. The van der Waals surface area contributed by atoms with E-state index in [9.17, 15) is 29.1 Å². The number of likely N-dealkylation sites (N-methyl/N-ethyl adjacent to an activating group) is 1. The number of hydrogen-bond acceptors (Lipinski definition) is 13. The Hall–Kier alpha value is -4.09. The van der Waals surface area contributed by atoms with Crippen LogP contribution in [0.4, 0.5) is 9.18 Å². The van der Waals surface area contributed by atoms with Crippen LogP contribution >= 0.6 is 0 Å². The van der Waals surface area contributed by atoms with E-state index in [4.69, 9.17) is 23.7 Å². The molecule has 2 amide bonds. The number of pyridine rings is 1. The summed E-state index contributed by atoms with van der Waals surface area (Å²) < 4.78 is 47.1. The maximum atomic E-state index is 17.0. The molecule has 0 aliphatic carbocycles. The van der Waals surface area contributed by atoms with E-state index in [2.05, 4.69) is 15.6 Å². The summed E-state index contributed by atoms with van der Waals surface area (Å²) in [5, 5.41) is 17.8. The number of amides is 2. The number of Topliss-reactive ketones (excluding diaryl/α,β-unsaturated/α-hetero) is 2. The number of aromatic nitrogens is 1. The largest absolute Gasteiger partial charge is 0.455 e. The monoisotopic (exact) mass is 828 g/mol. The minimum atomic E-state index is -3.27. The van der Waals surface area contributed by atoms with Crippen molar-refractivity contribution in [3.05, 3.63) is 42.1 Å². The highest BCUT2D eigenvalue weighted by Gasteiger charge is 2.59. The summed E-state index contributed by atoms with van der Waals surface area (Å²) in [6.07, 6.45) is -3.98. The maximum absolute atomic E-state index is 17.0. The van der Waals surface area contributed by atoms with Gasteiger partial charge in [0.2, 0.25) is 5.91 Å². The van der Waals surface area contributed by atoms with Gasteiger partial charge < -0.3 is 44.3 Å². The van der Waals surface area contributed by atoms with Crippen molar-refractivity contribution in [2.45, 2.75) is 140 Å². The van der Waals surface area contributed by atoms with Crippen LogP contribution in [-0.2, 0) is 49.3 Å². The van der Waals surface area contributed by atoms with Crippen molar-refractivity contribution in [1.82, 2.24) is 20.5 Å². The molecule has 326 valence electrons. The van der Waals surface area contributed by atoms with Gasteiger partial charge in [0, 0.05) is 61.9 Å². The third kappa shape index (κ3) is 9.62. The number of nitrogens with one attached hydrogen (secondary N) is 2. The Morgan fingerprint density at radius 1 is 1.07 bits per heavy atom. The molecular formula is C43H61FN4O11. The van der Waals surface area contributed by atoms with Gasteiger partial charge in [0.25, 0.3) is 5.67 Å². The number of ether oxygens (including phenoxy) is 5. The molecule has 0 saturated carbocycles. The zero-order chi connectivity index (χ0) is 43.6. The minimum Gasteiger partial charge on any atom is -0.455 e. The molecule has 3 fully saturated rings. The fourth-order valence-corrected chi connectivity index (χ4v) is 9.10. The van der Waals surface area contributed by atoms with Crippen molar-refractivity contribution in [2.24, 2.45) is 17.8 Å². The van der Waals surface area contributed by atoms with Gasteiger partial charge in [-0.15, -0.1) is 0 Å². The molecule has 5 rings (SSSR count). The minimum absolute atomic E-state index is 0.0408. The van der Waals surface area contributed by atoms with Crippen LogP contribution in [0.5, 0.6) is 0 Å². The Bertz CT molecular complexity index is 1870. The number of cyclic esters (lactones) is 1. The van der Waals surface area contributed by atoms with E-state index in [1.165, 1.54) is 21.0 Å². The smallest absolute Gasteiger partial charge is 0.408 e. The van der Waals surface area contributed by atoms with Crippen molar-refractivity contribution < 1.29 is 57.2 Å². The van der Waals surface area contributed by atoms with Gasteiger partial charge in [-0.2, -0.15) is 0 Å². The van der Waals surface area contributed by atoms with Gasteiger partial charge in [0.1, 0.15) is 18.0 Å². The average molecular weight is 829 g/mol. The molecule has 13 atom stereocenters. The second-order valence-corrected chi connectivity index (χ2v) is 17.3. The third-order valence-corrected chi connectivity index (χ3v) is 12.7. The Morgan fingerprint density at radius 2 is 1.76 bits per heavy atom. The first kappa shape index (κ1) is 46.0. The van der Waals surface area contributed by atoms with Crippen molar-refractivity contribution in [3.63, 3.8) is 0 Å². The number of carbonyl (C=O) groups excluding carboxylic acids is 5. The number of benzene rings is 1. The van der Waals surface area contributed by atoms with Gasteiger partial charge >= 0.3 is 12.1 Å². The van der Waals surface area contributed by atoms with E-state index < -0.39 is 83.1 Å². The number of carbonyl (C=O) groups is 5. The van der Waals surface area contributed by atoms with E-state index in [1.807, 2.05) is 42.2 Å². The lowest BCUT2D eigenvalue weighted by Gasteiger charge is -2.47. The summed E-state index contributed by atoms with van der Waals surface area (Å²) >= 11 is 0. The van der Waals surface area contributed by atoms with E-state index in [0.717, 1.165) is 23.4 Å². The fourth-order valence-electron chi connectivity index (χ4n) is 9.10. The first-order valence-corrected chi connectivity index (χ1v) is 20.4. The standard InChI is InChI=1S/C43H61FN4O11/c1-23-22-41(5,55-10)37(58-38-34(51)30(48(8)9)21-24(2)56-38)26(4)36(52)42(6,44)39(53)57-31(43(7)35(25(3)33(23)50)47-40(54)59-43)18-20-46-32(49)16-15-27-17-19-45-29-14-12-11-13-28(27)29/h11-14,17,19,23-26,30-31,34-35,37-38,51H,15-16,18,20-22H2,1-10H3,(H,46,49)(H,47,54)/t23-,24?,25+,26+,30?,31-,34?,35?,37?,38?,41?,42?,43?/m1/s1. The van der Waals surface area contributed by atoms with Gasteiger partial charge in [-0.05, 0) is 78.7 Å². The van der Waals surface area contributed by atoms with Crippen LogP contribution in [0, 0.1) is 17.8 Å². The lowest BCUT2D eigenvalue weighted by atomic mass is 9.73. The number of halogens is 1. The highest BCUT2D eigenvalue weighted by atomic mass is 19.1. The predicted molar refractivity (Wildman–Crippen MR) is 214 cm³/mol. The average Bonchev–Trinajstić information content (AvgIpc) is 3.51. The molecule has 3 aliphatic rings. The number of aryl methyl sites for hydroxylation is 1. The van der Waals surface area contributed by atoms with Gasteiger partial charge in [-0.1, -0.05) is 39.0 Å². The number of aliphatic hydroxyl groups is 1. The van der Waals surface area contributed by atoms with E-state index in [1.54, 1.807) is 41.1 Å². The molecule has 1 aromatic carbocycles. The summed E-state index contributed by atoms with van der Waals surface area (Å²) in [7, 11) is 4.98. The zero-order valence-electron chi connectivity index (χ0n) is 35.8. The molecule has 2 aromatic rings. The Balaban J connectivity index is 1.44. The quantitative estimate of drug-likeness (QED) is 0.232. The molecule has 9 unspecified atom stereocenters. The predicted octanol–water partition coefficient (Wildman–Crippen LogP) is 3.85. The van der Waals surface area contributed by atoms with Crippen LogP contribution < -0.4 is 10.6 Å². The van der Waals surface area contributed by atoms with Crippen molar-refractivity contribution in [2.75, 3.05) is 27.7 Å². The highest BCUT2D eigenvalue weighted by molar-refractivity contribution is 6.08. The van der Waals surface area contributed by atoms with Crippen molar-refractivity contribution >= 4 is 40.4 Å². The Kier molecular flexibility index (Phi) is 14.2. The van der Waals surface area contributed by atoms with Gasteiger partial charge in [0.15, 0.2) is 17.7 Å². The van der Waals surface area contributed by atoms with Gasteiger partial charge in [0.05, 0.1) is 29.4 Å². The number of aliphatic hydroxyl groups excluding tert-OH is 1. The van der Waals surface area contributed by atoms with Crippen LogP contribution in [0.2, 0.25) is 0 Å². The first-order valence-electron chi connectivity index (χ1n) is 20.4. The number of methoxy groups -OCH3 is 1. The molecule has 0 radical (unpaired) electrons. The van der Waals surface area contributed by atoms with Gasteiger partial charge in [-0.25, -0.2) is 14.0 Å². The second-order valence-electron chi connectivity index (χ2n) is 17.3. The Morgan fingerprint density at radius 3 is 2.44 bits per heavy atom. The molecule has 1 aromatic heterocycles. The first-order chi connectivity index (χ1) is 27.6. The van der Waals surface area contributed by atoms with Crippen LogP contribution in [0.3, 0.4) is 0 Å². The lowest BCUT2D eigenvalue weighted by Crippen LogP contribution is -2.61. The Labute approximate surface area is 345 Å². The summed E-state index contributed by atoms with van der Waals surface area (Å²) in [4.78, 5) is 75.0. The van der Waals surface area contributed by atoms with Crippen molar-refractivity contribution in [1.29, 1.82) is 0 Å². The third-order valence-electron chi connectivity index (χ3n) is 12.7. The number of hydrogen-bond donors (Lipinski definition) is 3. The van der Waals surface area contributed by atoms with E-state index in [-0.39, 0.29) is 49.6 Å². The van der Waals surface area contributed by atoms with Crippen LogP contribution in [-0.4, -0.2) is 132 Å². The number of rotatable bonds is 10.